The molecule has 0 aromatic heterocycles. The number of rotatable bonds is 2. The standard InChI is InChI=1S/C11H23N/c1-10(2,3)7-9(12)8-11(4,5)6/h12H,7-8H2,1-6H3. The lowest BCUT2D eigenvalue weighted by atomic mass is 9.82. The fourth-order valence-electron chi connectivity index (χ4n) is 1.34. The van der Waals surface area contributed by atoms with Crippen molar-refractivity contribution in [1.82, 2.24) is 0 Å². The van der Waals surface area contributed by atoms with E-state index >= 15 is 0 Å². The van der Waals surface area contributed by atoms with Gasteiger partial charge in [0.15, 0.2) is 0 Å². The molecule has 0 fully saturated rings. The second-order valence-electron chi connectivity index (χ2n) is 6.08. The Morgan fingerprint density at radius 2 is 1.08 bits per heavy atom. The average Bonchev–Trinajstić information content (AvgIpc) is 1.49. The molecule has 0 aromatic carbocycles. The van der Waals surface area contributed by atoms with Gasteiger partial charge in [0, 0.05) is 5.71 Å². The first-order chi connectivity index (χ1) is 5.10. The minimum Gasteiger partial charge on any atom is -0.310 e. The molecule has 0 amide bonds. The maximum absolute atomic E-state index is 7.80. The molecule has 0 spiro atoms. The molecule has 1 nitrogen and oxygen atoms in total. The molecule has 0 bridgehead atoms. The van der Waals surface area contributed by atoms with Gasteiger partial charge >= 0.3 is 0 Å². The van der Waals surface area contributed by atoms with E-state index in [1.54, 1.807) is 0 Å². The summed E-state index contributed by atoms with van der Waals surface area (Å²) in [5.41, 5.74) is 1.42. The van der Waals surface area contributed by atoms with E-state index in [-0.39, 0.29) is 10.8 Å². The van der Waals surface area contributed by atoms with Crippen molar-refractivity contribution < 1.29 is 0 Å². The molecule has 0 saturated carbocycles. The summed E-state index contributed by atoms with van der Waals surface area (Å²) in [4.78, 5) is 0. The Labute approximate surface area is 77.1 Å². The first-order valence-corrected chi connectivity index (χ1v) is 4.66. The molecule has 1 heteroatoms. The van der Waals surface area contributed by atoms with Crippen LogP contribution in [0.2, 0.25) is 0 Å². The Morgan fingerprint density at radius 3 is 1.25 bits per heavy atom. The summed E-state index contributed by atoms with van der Waals surface area (Å²) in [7, 11) is 0. The van der Waals surface area contributed by atoms with Gasteiger partial charge in [0.2, 0.25) is 0 Å². The minimum absolute atomic E-state index is 0.266. The SMILES string of the molecule is CC(C)(C)CC(=N)CC(C)(C)C. The van der Waals surface area contributed by atoms with Gasteiger partial charge < -0.3 is 5.41 Å². The van der Waals surface area contributed by atoms with Crippen LogP contribution in [-0.2, 0) is 0 Å². The third-order valence-corrected chi connectivity index (χ3v) is 1.49. The number of hydrogen-bond acceptors (Lipinski definition) is 1. The molecule has 0 saturated heterocycles. The predicted octanol–water partition coefficient (Wildman–Crippen LogP) is 3.88. The molecule has 0 heterocycles. The predicted molar refractivity (Wildman–Crippen MR) is 55.9 cm³/mol. The zero-order chi connectivity index (χ0) is 9.99. The van der Waals surface area contributed by atoms with E-state index in [0.29, 0.717) is 0 Å². The average molecular weight is 169 g/mol. The molecule has 0 aliphatic heterocycles. The van der Waals surface area contributed by atoms with Crippen molar-refractivity contribution in [3.05, 3.63) is 0 Å². The highest BCUT2D eigenvalue weighted by atomic mass is 14.4. The molecule has 0 unspecified atom stereocenters. The van der Waals surface area contributed by atoms with Gasteiger partial charge in [-0.3, -0.25) is 0 Å². The van der Waals surface area contributed by atoms with Crippen LogP contribution < -0.4 is 0 Å². The summed E-state index contributed by atoms with van der Waals surface area (Å²) in [6, 6.07) is 0. The summed E-state index contributed by atoms with van der Waals surface area (Å²) >= 11 is 0. The van der Waals surface area contributed by atoms with Crippen molar-refractivity contribution >= 4 is 5.71 Å². The molecule has 0 aromatic rings. The Hall–Kier alpha value is -0.330. The van der Waals surface area contributed by atoms with Crippen LogP contribution in [0.5, 0.6) is 0 Å². The van der Waals surface area contributed by atoms with Gasteiger partial charge in [0.25, 0.3) is 0 Å². The Bertz CT molecular complexity index is 137. The quantitative estimate of drug-likeness (QED) is 0.607. The normalized spacial score (nSPS) is 13.2. The molecule has 0 atom stereocenters. The molecular weight excluding hydrogens is 146 g/mol. The highest BCUT2D eigenvalue weighted by Crippen LogP contribution is 2.25. The van der Waals surface area contributed by atoms with Crippen LogP contribution in [0.15, 0.2) is 0 Å². The Balaban J connectivity index is 3.92. The van der Waals surface area contributed by atoms with E-state index in [1.807, 2.05) is 0 Å². The van der Waals surface area contributed by atoms with E-state index in [1.165, 1.54) is 0 Å². The molecular formula is C11H23N. The molecule has 12 heavy (non-hydrogen) atoms. The van der Waals surface area contributed by atoms with Crippen LogP contribution in [-0.4, -0.2) is 5.71 Å². The fraction of sp³-hybridized carbons (Fsp3) is 0.909. The lowest BCUT2D eigenvalue weighted by Crippen LogP contribution is -2.18. The third-order valence-electron chi connectivity index (χ3n) is 1.49. The van der Waals surface area contributed by atoms with Gasteiger partial charge in [-0.1, -0.05) is 41.5 Å². The van der Waals surface area contributed by atoms with Gasteiger partial charge in [-0.15, -0.1) is 0 Å². The summed E-state index contributed by atoms with van der Waals surface area (Å²) < 4.78 is 0. The fourth-order valence-corrected chi connectivity index (χ4v) is 1.34. The maximum Gasteiger partial charge on any atom is 0.00995 e. The van der Waals surface area contributed by atoms with Crippen LogP contribution in [0.4, 0.5) is 0 Å². The largest absolute Gasteiger partial charge is 0.310 e. The van der Waals surface area contributed by atoms with Gasteiger partial charge in [-0.05, 0) is 23.7 Å². The van der Waals surface area contributed by atoms with Crippen molar-refractivity contribution in [2.24, 2.45) is 10.8 Å². The summed E-state index contributed by atoms with van der Waals surface area (Å²) in [5, 5.41) is 7.80. The summed E-state index contributed by atoms with van der Waals surface area (Å²) in [6.07, 6.45) is 1.84. The zero-order valence-corrected chi connectivity index (χ0v) is 9.41. The van der Waals surface area contributed by atoms with Gasteiger partial charge in [-0.25, -0.2) is 0 Å². The summed E-state index contributed by atoms with van der Waals surface area (Å²) in [5.74, 6) is 0. The van der Waals surface area contributed by atoms with Gasteiger partial charge in [0.05, 0.1) is 0 Å². The van der Waals surface area contributed by atoms with Crippen molar-refractivity contribution in [1.29, 1.82) is 5.41 Å². The topological polar surface area (TPSA) is 23.9 Å². The number of nitrogens with one attached hydrogen (secondary N) is 1. The minimum atomic E-state index is 0.266. The van der Waals surface area contributed by atoms with Crippen LogP contribution in [0.3, 0.4) is 0 Å². The van der Waals surface area contributed by atoms with E-state index in [9.17, 15) is 0 Å². The maximum atomic E-state index is 7.80. The van der Waals surface area contributed by atoms with Crippen molar-refractivity contribution in [3.63, 3.8) is 0 Å². The molecule has 72 valence electrons. The molecule has 0 aliphatic carbocycles. The van der Waals surface area contributed by atoms with Crippen LogP contribution in [0.25, 0.3) is 0 Å². The second kappa shape index (κ2) is 3.59. The van der Waals surface area contributed by atoms with Gasteiger partial charge in [0.1, 0.15) is 0 Å². The smallest absolute Gasteiger partial charge is 0.00995 e. The van der Waals surface area contributed by atoms with E-state index in [4.69, 9.17) is 5.41 Å². The first-order valence-electron chi connectivity index (χ1n) is 4.66. The van der Waals surface area contributed by atoms with Crippen LogP contribution >= 0.6 is 0 Å². The van der Waals surface area contributed by atoms with E-state index < -0.39 is 0 Å². The Morgan fingerprint density at radius 1 is 0.833 bits per heavy atom. The van der Waals surface area contributed by atoms with E-state index in [2.05, 4.69) is 41.5 Å². The van der Waals surface area contributed by atoms with Crippen molar-refractivity contribution in [3.8, 4) is 0 Å². The zero-order valence-electron chi connectivity index (χ0n) is 9.41. The highest BCUT2D eigenvalue weighted by molar-refractivity contribution is 5.82. The van der Waals surface area contributed by atoms with Crippen LogP contribution in [0, 0.1) is 16.2 Å². The van der Waals surface area contributed by atoms with E-state index in [0.717, 1.165) is 18.6 Å². The highest BCUT2D eigenvalue weighted by Gasteiger charge is 2.18. The Kier molecular flexibility index (Phi) is 3.49. The van der Waals surface area contributed by atoms with Crippen LogP contribution in [0.1, 0.15) is 54.4 Å². The molecule has 0 rings (SSSR count). The first kappa shape index (κ1) is 11.7. The molecule has 1 N–H and O–H groups in total. The lowest BCUT2D eigenvalue weighted by molar-refractivity contribution is 0.399. The second-order valence-corrected chi connectivity index (χ2v) is 6.08. The molecule has 0 aliphatic rings. The summed E-state index contributed by atoms with van der Waals surface area (Å²) in [6.45, 7) is 13.1. The van der Waals surface area contributed by atoms with Crippen molar-refractivity contribution in [2.75, 3.05) is 0 Å². The lowest BCUT2D eigenvalue weighted by Gasteiger charge is -2.23. The molecule has 0 radical (unpaired) electrons. The monoisotopic (exact) mass is 169 g/mol. The van der Waals surface area contributed by atoms with Gasteiger partial charge in [-0.2, -0.15) is 0 Å². The van der Waals surface area contributed by atoms with Crippen molar-refractivity contribution in [2.45, 2.75) is 54.4 Å². The number of hydrogen-bond donors (Lipinski definition) is 1. The third kappa shape index (κ3) is 7.77.